The molecule has 0 amide bonds. The fourth-order valence-electron chi connectivity index (χ4n) is 4.51. The normalized spacial score (nSPS) is 23.8. The molecule has 0 aromatic carbocycles. The van der Waals surface area contributed by atoms with Gasteiger partial charge < -0.3 is 29.2 Å². The van der Waals surface area contributed by atoms with Gasteiger partial charge in [0.1, 0.15) is 30.7 Å². The van der Waals surface area contributed by atoms with Crippen LogP contribution in [0, 0.1) is 5.92 Å². The van der Waals surface area contributed by atoms with E-state index in [2.05, 4.69) is 15.2 Å². The van der Waals surface area contributed by atoms with Crippen molar-refractivity contribution in [2.24, 2.45) is 5.92 Å². The van der Waals surface area contributed by atoms with Gasteiger partial charge in [0.05, 0.1) is 18.9 Å². The minimum Gasteiger partial charge on any atom is -0.464 e. The highest BCUT2D eigenvalue weighted by Crippen LogP contribution is 2.45. The maximum atomic E-state index is 14.9. The van der Waals surface area contributed by atoms with Crippen LogP contribution in [-0.2, 0) is 42.4 Å². The molecule has 3 N–H and O–H groups in total. The van der Waals surface area contributed by atoms with E-state index < -0.39 is 69.3 Å². The van der Waals surface area contributed by atoms with Crippen LogP contribution in [-0.4, -0.2) is 76.2 Å². The number of alkyl halides is 1. The van der Waals surface area contributed by atoms with Gasteiger partial charge in [-0.3, -0.25) is 18.9 Å². The van der Waals surface area contributed by atoms with E-state index in [-0.39, 0.29) is 18.3 Å². The van der Waals surface area contributed by atoms with Crippen LogP contribution in [0.1, 0.15) is 59.3 Å². The van der Waals surface area contributed by atoms with Crippen LogP contribution < -0.4 is 10.8 Å². The van der Waals surface area contributed by atoms with Gasteiger partial charge in [0.15, 0.2) is 23.6 Å². The third-order valence-corrected chi connectivity index (χ3v) is 7.93. The summed E-state index contributed by atoms with van der Waals surface area (Å²) in [5.41, 5.74) is 4.59. The van der Waals surface area contributed by atoms with Crippen molar-refractivity contribution in [3.05, 3.63) is 24.2 Å². The molecule has 3 heterocycles. The van der Waals surface area contributed by atoms with Gasteiger partial charge >= 0.3 is 17.9 Å². The Morgan fingerprint density at radius 3 is 2.51 bits per heavy atom. The molecule has 2 aromatic rings. The number of halogens is 1. The fourth-order valence-corrected chi connectivity index (χ4v) is 5.44. The van der Waals surface area contributed by atoms with Crippen molar-refractivity contribution in [1.82, 2.24) is 19.7 Å². The van der Waals surface area contributed by atoms with E-state index in [0.29, 0.717) is 11.2 Å². The second-order valence-electron chi connectivity index (χ2n) is 9.80. The highest BCUT2D eigenvalue weighted by atomic mass is 31.1. The van der Waals surface area contributed by atoms with Crippen molar-refractivity contribution in [3.63, 3.8) is 0 Å². The molecule has 1 aliphatic heterocycles. The first-order valence-corrected chi connectivity index (χ1v) is 14.5. The molecule has 3 rings (SSSR count). The van der Waals surface area contributed by atoms with Gasteiger partial charge in [0.2, 0.25) is 0 Å². The Hall–Kier alpha value is -3.13. The number of nitrogen functional groups attached to an aromatic ring is 1. The molecule has 14 nitrogen and oxygen atoms in total. The largest absolute Gasteiger partial charge is 0.464 e. The van der Waals surface area contributed by atoms with Crippen LogP contribution in [0.2, 0.25) is 0 Å². The first-order valence-electron chi connectivity index (χ1n) is 13.2. The summed E-state index contributed by atoms with van der Waals surface area (Å²) in [4.78, 5) is 40.4. The van der Waals surface area contributed by atoms with Crippen molar-refractivity contribution < 1.29 is 46.8 Å². The van der Waals surface area contributed by atoms with Gasteiger partial charge in [-0.1, -0.05) is 26.7 Å². The van der Waals surface area contributed by atoms with Gasteiger partial charge in [0.25, 0.3) is 8.18 Å². The second kappa shape index (κ2) is 14.2. The molecule has 1 fully saturated rings. The van der Waals surface area contributed by atoms with Crippen LogP contribution >= 0.6 is 8.18 Å². The van der Waals surface area contributed by atoms with Gasteiger partial charge in [-0.05, 0) is 25.0 Å². The minimum atomic E-state index is -3.16. The number of ether oxygens (including phenoxy) is 4. The minimum absolute atomic E-state index is 0.155. The van der Waals surface area contributed by atoms with Crippen LogP contribution in [0.3, 0.4) is 0 Å². The lowest BCUT2D eigenvalue weighted by Crippen LogP contribution is -2.51. The summed E-state index contributed by atoms with van der Waals surface area (Å²) in [6, 6.07) is 2.18. The number of anilines is 1. The topological polar surface area (TPSA) is 183 Å². The number of hydrogen-bond donors (Lipinski definition) is 2. The van der Waals surface area contributed by atoms with Crippen LogP contribution in [0.15, 0.2) is 18.5 Å². The average molecular weight is 602 g/mol. The molecule has 0 spiro atoms. The van der Waals surface area contributed by atoms with E-state index in [1.54, 1.807) is 12.1 Å². The van der Waals surface area contributed by atoms with Gasteiger partial charge in [-0.2, -0.15) is 5.10 Å². The number of carbonyl (C=O) groups excluding carboxylic acids is 3. The van der Waals surface area contributed by atoms with Crippen molar-refractivity contribution in [1.29, 1.82) is 0 Å². The lowest BCUT2D eigenvalue weighted by atomic mass is 9.95. The third-order valence-electron chi connectivity index (χ3n) is 6.85. The van der Waals surface area contributed by atoms with Gasteiger partial charge in [-0.25, -0.2) is 19.0 Å². The van der Waals surface area contributed by atoms with Crippen molar-refractivity contribution in [2.45, 2.75) is 77.4 Å². The zero-order valence-electron chi connectivity index (χ0n) is 23.6. The summed E-state index contributed by atoms with van der Waals surface area (Å²) in [6.45, 7) is 5.94. The Morgan fingerprint density at radius 1 is 1.22 bits per heavy atom. The monoisotopic (exact) mass is 601 g/mol. The van der Waals surface area contributed by atoms with Crippen LogP contribution in [0.4, 0.5) is 10.2 Å². The van der Waals surface area contributed by atoms with Gasteiger partial charge in [-0.15, -0.1) is 0 Å². The summed E-state index contributed by atoms with van der Waals surface area (Å²) in [5, 5.41) is 6.67. The Bertz CT molecular complexity index is 1260. The highest BCUT2D eigenvalue weighted by molar-refractivity contribution is 7.36. The second-order valence-corrected chi connectivity index (χ2v) is 10.9. The molecule has 0 aliphatic carbocycles. The molecule has 6 atom stereocenters. The average Bonchev–Trinajstić information content (AvgIpc) is 3.48. The zero-order chi connectivity index (χ0) is 30.3. The Labute approximate surface area is 237 Å². The number of nitrogens with one attached hydrogen (secondary N) is 1. The molecule has 0 radical (unpaired) electrons. The van der Waals surface area contributed by atoms with E-state index in [4.69, 9.17) is 29.2 Å². The number of nitrogens with zero attached hydrogens (tertiary/aromatic N) is 3. The van der Waals surface area contributed by atoms with Crippen LogP contribution in [0.5, 0.6) is 0 Å². The molecule has 1 saturated heterocycles. The molecule has 41 heavy (non-hydrogen) atoms. The first-order chi connectivity index (χ1) is 19.5. The first kappa shape index (κ1) is 32.4. The quantitative estimate of drug-likeness (QED) is 0.183. The smallest absolute Gasteiger partial charge is 0.323 e. The Morgan fingerprint density at radius 2 is 1.90 bits per heavy atom. The number of hydrogen-bond acceptors (Lipinski definition) is 12. The number of fused-ring (bicyclic) bond motifs is 1. The molecule has 1 unspecified atom stereocenters. The molecule has 16 heteroatoms. The number of nitrogens with two attached hydrogens (primary N) is 1. The number of carbonyl (C=O) groups is 3. The predicted octanol–water partition coefficient (Wildman–Crippen LogP) is 2.32. The Balaban J connectivity index is 1.83. The van der Waals surface area contributed by atoms with Crippen LogP contribution in [0.25, 0.3) is 5.52 Å². The number of esters is 3. The molecule has 2 aromatic heterocycles. The summed E-state index contributed by atoms with van der Waals surface area (Å²) in [7, 11) is -3.16. The summed E-state index contributed by atoms with van der Waals surface area (Å²) < 4.78 is 56.7. The fraction of sp³-hybridized carbons (Fsp3) is 0.640. The maximum absolute atomic E-state index is 14.9. The standard InChI is InChI=1S/C25H37FN5O9P/c1-6-17(7-2)10-36-24(34)14(3)30-41(35)37-12-25(11-26)22(39-16(5)33)21(38-15(4)32)20(40-25)18-8-9-19-23(27)28-13-29-31(18)19/h8-9,13-14,17,20-22,41H,6-7,10-12H2,1-5H3,(H,30,35)(H2,27,28,29)/t14-,20-,21-,22-,25+/m0/s1. The van der Waals surface area contributed by atoms with Crippen molar-refractivity contribution >= 4 is 37.4 Å². The molecular weight excluding hydrogens is 564 g/mol. The van der Waals surface area contributed by atoms with E-state index in [1.807, 2.05) is 13.8 Å². The number of aromatic nitrogens is 3. The Kier molecular flexibility index (Phi) is 11.2. The number of rotatable bonds is 14. The lowest BCUT2D eigenvalue weighted by Gasteiger charge is -2.31. The van der Waals surface area contributed by atoms with E-state index >= 15 is 0 Å². The van der Waals surface area contributed by atoms with Crippen molar-refractivity contribution in [3.8, 4) is 0 Å². The molecular formula is C25H37FN5O9P. The third kappa shape index (κ3) is 7.59. The van der Waals surface area contributed by atoms with Gasteiger partial charge in [0, 0.05) is 13.8 Å². The predicted molar refractivity (Wildman–Crippen MR) is 144 cm³/mol. The summed E-state index contributed by atoms with van der Waals surface area (Å²) >= 11 is 0. The summed E-state index contributed by atoms with van der Waals surface area (Å²) in [6.07, 6.45) is -1.15. The SMILES string of the molecule is CCC(CC)COC(=O)[C@H](C)N[PH](=O)OC[C@@]1(CF)O[C@@H](c2ccc3c(N)ncnn23)[C@H](OC(C)=O)[C@@H]1OC(C)=O. The van der Waals surface area contributed by atoms with E-state index in [1.165, 1.54) is 17.8 Å². The molecule has 0 bridgehead atoms. The van der Waals surface area contributed by atoms with Crippen molar-refractivity contribution in [2.75, 3.05) is 25.6 Å². The van der Waals surface area contributed by atoms with E-state index in [9.17, 15) is 23.3 Å². The van der Waals surface area contributed by atoms with E-state index in [0.717, 1.165) is 26.7 Å². The summed E-state index contributed by atoms with van der Waals surface area (Å²) in [5.74, 6) is -1.81. The molecule has 0 saturated carbocycles. The highest BCUT2D eigenvalue weighted by Gasteiger charge is 2.61. The lowest BCUT2D eigenvalue weighted by molar-refractivity contribution is -0.172. The molecule has 1 aliphatic rings. The maximum Gasteiger partial charge on any atom is 0.323 e. The molecule has 228 valence electrons. The zero-order valence-corrected chi connectivity index (χ0v) is 24.6.